The largest absolute Gasteiger partial charge is 0.469 e. The molecule has 0 spiro atoms. The molecule has 0 fully saturated rings. The predicted molar refractivity (Wildman–Crippen MR) is 135 cm³/mol. The molecule has 7 N–H and O–H groups in total. The molecule has 1 heterocycles. The molecule has 3 rings (SSSR count). The number of fused-ring (bicyclic) bond motifs is 1. The van der Waals surface area contributed by atoms with E-state index < -0.39 is 52.1 Å². The van der Waals surface area contributed by atoms with E-state index in [1.54, 1.807) is 0 Å². The fraction of sp³-hybridized carbons (Fsp3) is 0.278. The van der Waals surface area contributed by atoms with Gasteiger partial charge in [-0.15, -0.1) is 16.2 Å². The van der Waals surface area contributed by atoms with Gasteiger partial charge in [0.2, 0.25) is 10.0 Å². The first kappa shape index (κ1) is 30.7. The number of hydrogen-bond acceptors (Lipinski definition) is 10. The van der Waals surface area contributed by atoms with Crippen LogP contribution in [-0.2, 0) is 34.9 Å². The Labute approximate surface area is 216 Å². The second kappa shape index (κ2) is 12.8. The first-order valence-corrected chi connectivity index (χ1v) is 15.7. The first-order valence-electron chi connectivity index (χ1n) is 9.70. The summed E-state index contributed by atoms with van der Waals surface area (Å²) in [4.78, 5) is 15.4. The number of amidine groups is 1. The number of aliphatic hydroxyl groups excluding tert-OH is 2. The lowest BCUT2D eigenvalue weighted by Gasteiger charge is -2.19. The molecule has 0 bridgehead atoms. The Balaban J connectivity index is 0.000000388. The number of primary sulfonamides is 1. The van der Waals surface area contributed by atoms with Crippen LogP contribution < -0.4 is 10.5 Å². The molecule has 1 unspecified atom stereocenters. The second-order valence-corrected chi connectivity index (χ2v) is 12.8. The van der Waals surface area contributed by atoms with Gasteiger partial charge in [0.25, 0.3) is 10.0 Å². The van der Waals surface area contributed by atoms with Crippen LogP contribution in [0.3, 0.4) is 0 Å². The molecule has 0 aliphatic carbocycles. The van der Waals surface area contributed by atoms with Gasteiger partial charge in [-0.25, -0.2) is 18.1 Å². The normalized spacial score (nSPS) is 15.6. The Morgan fingerprint density at radius 1 is 1.19 bits per heavy atom. The average Bonchev–Trinajstić information content (AvgIpc) is 2.76. The maximum atomic E-state index is 12.4. The third-order valence-electron chi connectivity index (χ3n) is 4.12. The van der Waals surface area contributed by atoms with E-state index in [0.717, 1.165) is 11.6 Å². The number of hydrogen-bond donors (Lipinski definition) is 6. The van der Waals surface area contributed by atoms with Crippen LogP contribution in [0.5, 0.6) is 0 Å². The molecule has 1 aliphatic rings. The summed E-state index contributed by atoms with van der Waals surface area (Å²) in [6.07, 6.45) is -1.24. The van der Waals surface area contributed by atoms with Crippen LogP contribution in [0.1, 0.15) is 5.56 Å². The van der Waals surface area contributed by atoms with Gasteiger partial charge < -0.3 is 25.3 Å². The number of phosphoric acid groups is 1. The van der Waals surface area contributed by atoms with Gasteiger partial charge in [-0.05, 0) is 17.7 Å². The van der Waals surface area contributed by atoms with Crippen molar-refractivity contribution >= 4 is 62.8 Å². The van der Waals surface area contributed by atoms with E-state index in [1.165, 1.54) is 17.8 Å². The summed E-state index contributed by atoms with van der Waals surface area (Å²) in [5.41, 5.74) is 1.28. The molecule has 0 saturated carbocycles. The maximum Gasteiger partial charge on any atom is 0.469 e. The zero-order valence-electron chi connectivity index (χ0n) is 18.3. The Morgan fingerprint density at radius 2 is 1.83 bits per heavy atom. The van der Waals surface area contributed by atoms with E-state index in [9.17, 15) is 21.4 Å². The quantitative estimate of drug-likeness (QED) is 0.220. The summed E-state index contributed by atoms with van der Waals surface area (Å²) < 4.78 is 65.3. The van der Waals surface area contributed by atoms with Crippen molar-refractivity contribution in [2.75, 3.05) is 24.3 Å². The lowest BCUT2D eigenvalue weighted by Crippen LogP contribution is -2.24. The van der Waals surface area contributed by atoms with Crippen molar-refractivity contribution in [1.82, 2.24) is 0 Å². The van der Waals surface area contributed by atoms with Crippen molar-refractivity contribution in [2.24, 2.45) is 9.54 Å². The number of halogens is 1. The van der Waals surface area contributed by atoms with Crippen molar-refractivity contribution in [3.8, 4) is 0 Å². The van der Waals surface area contributed by atoms with Crippen LogP contribution in [0.15, 0.2) is 56.7 Å². The van der Waals surface area contributed by atoms with E-state index in [1.807, 2.05) is 30.3 Å². The SMILES string of the molecule is NS(=O)(=O)c1cc2c(cc1Cl)NC(CSCc1ccccc1)=NS2(=O)=O.O=P(O)(O)OCC(O)CO. The van der Waals surface area contributed by atoms with Crippen LogP contribution in [0.2, 0.25) is 5.02 Å². The summed E-state index contributed by atoms with van der Waals surface area (Å²) in [5.74, 6) is 1.28. The maximum absolute atomic E-state index is 12.4. The second-order valence-electron chi connectivity index (χ2n) is 7.06. The summed E-state index contributed by atoms with van der Waals surface area (Å²) in [7, 11) is -12.7. The molecule has 0 aromatic heterocycles. The van der Waals surface area contributed by atoms with Crippen molar-refractivity contribution < 1.29 is 45.9 Å². The first-order chi connectivity index (χ1) is 16.6. The van der Waals surface area contributed by atoms with Crippen LogP contribution >= 0.6 is 31.2 Å². The summed E-state index contributed by atoms with van der Waals surface area (Å²) >= 11 is 7.43. The minimum Gasteiger partial charge on any atom is -0.394 e. The Kier molecular flexibility index (Phi) is 10.9. The van der Waals surface area contributed by atoms with Gasteiger partial charge in [-0.2, -0.15) is 8.42 Å². The van der Waals surface area contributed by atoms with Gasteiger partial charge >= 0.3 is 7.82 Å². The van der Waals surface area contributed by atoms with Crippen molar-refractivity contribution in [1.29, 1.82) is 0 Å². The number of nitrogens with zero attached hydrogens (tertiary/aromatic N) is 1. The number of phosphoric ester groups is 1. The minimum atomic E-state index is -4.50. The molecule has 0 amide bonds. The zero-order valence-corrected chi connectivity index (χ0v) is 22.4. The van der Waals surface area contributed by atoms with E-state index in [2.05, 4.69) is 14.2 Å². The van der Waals surface area contributed by atoms with Gasteiger partial charge in [-0.3, -0.25) is 4.52 Å². The molecule has 36 heavy (non-hydrogen) atoms. The smallest absolute Gasteiger partial charge is 0.394 e. The van der Waals surface area contributed by atoms with E-state index in [0.29, 0.717) is 11.5 Å². The Morgan fingerprint density at radius 3 is 2.39 bits per heavy atom. The average molecular weight is 604 g/mol. The molecule has 1 aliphatic heterocycles. The number of benzene rings is 2. The molecule has 200 valence electrons. The van der Waals surface area contributed by atoms with E-state index in [-0.39, 0.29) is 21.4 Å². The zero-order chi connectivity index (χ0) is 27.1. The molecule has 18 heteroatoms. The molecule has 13 nitrogen and oxygen atoms in total. The highest BCUT2D eigenvalue weighted by atomic mass is 35.5. The molecule has 0 radical (unpaired) electrons. The summed E-state index contributed by atoms with van der Waals surface area (Å²) in [6.45, 7) is -1.15. The van der Waals surface area contributed by atoms with Crippen LogP contribution in [0.25, 0.3) is 0 Å². The van der Waals surface area contributed by atoms with Crippen LogP contribution in [0.4, 0.5) is 5.69 Å². The molecule has 2 aromatic rings. The molecular weight excluding hydrogens is 581 g/mol. The van der Waals surface area contributed by atoms with E-state index in [4.69, 9.17) is 36.7 Å². The highest BCUT2D eigenvalue weighted by Crippen LogP contribution is 2.36. The number of rotatable bonds is 9. The fourth-order valence-corrected chi connectivity index (χ4v) is 6.21. The summed E-state index contributed by atoms with van der Waals surface area (Å²) in [5, 5.41) is 24.4. The number of thioether (sulfide) groups is 1. The molecular formula is C18H23ClN3O10PS3. The van der Waals surface area contributed by atoms with Gasteiger partial charge in [0, 0.05) is 5.75 Å². The summed E-state index contributed by atoms with van der Waals surface area (Å²) in [6, 6.07) is 11.9. The monoisotopic (exact) mass is 603 g/mol. The highest BCUT2D eigenvalue weighted by molar-refractivity contribution is 7.99. The van der Waals surface area contributed by atoms with Crippen molar-refractivity contribution in [3.05, 3.63) is 53.1 Å². The van der Waals surface area contributed by atoms with Crippen LogP contribution in [0, 0.1) is 0 Å². The number of sulfonamides is 2. The lowest BCUT2D eigenvalue weighted by atomic mass is 10.2. The molecule has 1 atom stereocenters. The highest BCUT2D eigenvalue weighted by Gasteiger charge is 2.28. The topological polar surface area (TPSA) is 226 Å². The molecule has 2 aromatic carbocycles. The minimum absolute atomic E-state index is 0.160. The number of anilines is 1. The Hall–Kier alpha value is -1.56. The van der Waals surface area contributed by atoms with Gasteiger partial charge in [0.05, 0.1) is 29.7 Å². The van der Waals surface area contributed by atoms with Crippen LogP contribution in [-0.4, -0.2) is 67.7 Å². The number of aliphatic hydroxyl groups is 2. The van der Waals surface area contributed by atoms with E-state index >= 15 is 0 Å². The molecule has 0 saturated heterocycles. The fourth-order valence-electron chi connectivity index (χ4n) is 2.57. The predicted octanol–water partition coefficient (Wildman–Crippen LogP) is 0.882. The third kappa shape index (κ3) is 9.72. The van der Waals surface area contributed by atoms with Gasteiger partial charge in [-0.1, -0.05) is 41.9 Å². The Bertz CT molecular complexity index is 1350. The third-order valence-corrected chi connectivity index (χ3v) is 8.35. The van der Waals surface area contributed by atoms with Crippen molar-refractivity contribution in [3.63, 3.8) is 0 Å². The van der Waals surface area contributed by atoms with Crippen molar-refractivity contribution in [2.45, 2.75) is 21.6 Å². The lowest BCUT2D eigenvalue weighted by molar-refractivity contribution is 0.0419. The van der Waals surface area contributed by atoms with Gasteiger partial charge in [0.15, 0.2) is 0 Å². The standard InChI is InChI=1S/C15H14ClN3O4S3.C3H9O6P/c16-11-6-12-14(7-13(11)25(17,20)21)26(22,23)19-15(18-12)9-24-8-10-4-2-1-3-5-10;4-1-3(5)2-9-10(6,7)8/h1-7H,8-9H2,(H,18,19)(H2,17,20,21);3-5H,1-2H2,(H2,6,7,8). The van der Waals surface area contributed by atoms with Gasteiger partial charge in [0.1, 0.15) is 21.7 Å². The number of nitrogens with one attached hydrogen (secondary N) is 1. The number of nitrogens with two attached hydrogens (primary N) is 1.